The molecule has 24 heavy (non-hydrogen) atoms. The number of fused-ring (bicyclic) bond motifs is 1. The van der Waals surface area contributed by atoms with Crippen molar-refractivity contribution in [2.45, 2.75) is 19.3 Å². The number of ether oxygens (including phenoxy) is 1. The summed E-state index contributed by atoms with van der Waals surface area (Å²) in [6.07, 6.45) is 1.77. The van der Waals surface area contributed by atoms with Crippen molar-refractivity contribution in [3.8, 4) is 11.5 Å². The molecule has 0 spiro atoms. The lowest BCUT2D eigenvalue weighted by Crippen LogP contribution is -2.21. The molecular weight excluding hydrogens is 310 g/mol. The lowest BCUT2D eigenvalue weighted by molar-refractivity contribution is -0.118. The van der Waals surface area contributed by atoms with Crippen LogP contribution in [0.4, 0.5) is 0 Å². The monoisotopic (exact) mass is 327 g/mol. The Morgan fingerprint density at radius 2 is 2.12 bits per heavy atom. The zero-order chi connectivity index (χ0) is 17.3. The Labute approximate surface area is 138 Å². The van der Waals surface area contributed by atoms with Crippen LogP contribution in [0.5, 0.6) is 11.5 Å². The number of carbonyl (C=O) groups is 1. The van der Waals surface area contributed by atoms with E-state index in [-0.39, 0.29) is 18.8 Å². The van der Waals surface area contributed by atoms with Gasteiger partial charge >= 0.3 is 0 Å². The second-order valence-electron chi connectivity index (χ2n) is 5.70. The highest BCUT2D eigenvalue weighted by Crippen LogP contribution is 2.37. The highest BCUT2D eigenvalue weighted by atomic mass is 16.5. The van der Waals surface area contributed by atoms with Crippen molar-refractivity contribution in [3.05, 3.63) is 63.2 Å². The highest BCUT2D eigenvalue weighted by Gasteiger charge is 2.28. The molecule has 0 aliphatic carbocycles. The maximum absolute atomic E-state index is 11.9. The minimum Gasteiger partial charge on any atom is -0.502 e. The van der Waals surface area contributed by atoms with Gasteiger partial charge in [-0.1, -0.05) is 18.2 Å². The van der Waals surface area contributed by atoms with Gasteiger partial charge in [-0.3, -0.25) is 9.59 Å². The van der Waals surface area contributed by atoms with Crippen molar-refractivity contribution in [2.75, 3.05) is 6.61 Å². The van der Waals surface area contributed by atoms with Crippen LogP contribution in [0.1, 0.15) is 29.4 Å². The zero-order valence-electron chi connectivity index (χ0n) is 13.1. The van der Waals surface area contributed by atoms with E-state index < -0.39 is 23.0 Å². The van der Waals surface area contributed by atoms with Gasteiger partial charge in [0.15, 0.2) is 5.76 Å². The molecule has 0 saturated heterocycles. The van der Waals surface area contributed by atoms with Crippen molar-refractivity contribution in [3.63, 3.8) is 0 Å². The third-order valence-electron chi connectivity index (χ3n) is 3.90. The van der Waals surface area contributed by atoms with E-state index in [0.29, 0.717) is 11.3 Å². The van der Waals surface area contributed by atoms with Gasteiger partial charge in [0.25, 0.3) is 0 Å². The number of aromatic hydroxyl groups is 1. The molecule has 0 fully saturated rings. The molecule has 6 heteroatoms. The second kappa shape index (κ2) is 6.23. The fourth-order valence-electron chi connectivity index (χ4n) is 2.79. The first kappa shape index (κ1) is 15.9. The quantitative estimate of drug-likeness (QED) is 0.895. The Morgan fingerprint density at radius 1 is 1.38 bits per heavy atom. The van der Waals surface area contributed by atoms with E-state index in [1.165, 1.54) is 6.07 Å². The molecule has 2 aromatic rings. The molecule has 1 aliphatic rings. The van der Waals surface area contributed by atoms with E-state index in [2.05, 4.69) is 0 Å². The number of rotatable bonds is 4. The Morgan fingerprint density at radius 3 is 2.88 bits per heavy atom. The van der Waals surface area contributed by atoms with E-state index in [1.54, 1.807) is 6.92 Å². The van der Waals surface area contributed by atoms with E-state index in [9.17, 15) is 14.7 Å². The van der Waals surface area contributed by atoms with Gasteiger partial charge in [-0.25, -0.2) is 0 Å². The van der Waals surface area contributed by atoms with Crippen LogP contribution >= 0.6 is 0 Å². The van der Waals surface area contributed by atoms with Crippen LogP contribution in [-0.4, -0.2) is 17.6 Å². The number of aryl methyl sites for hydroxylation is 1. The summed E-state index contributed by atoms with van der Waals surface area (Å²) in [4.78, 5) is 23.4. The summed E-state index contributed by atoms with van der Waals surface area (Å²) >= 11 is 0. The van der Waals surface area contributed by atoms with Crippen molar-refractivity contribution < 1.29 is 19.1 Å². The number of hydrogen-bond donors (Lipinski definition) is 2. The van der Waals surface area contributed by atoms with Gasteiger partial charge in [0.1, 0.15) is 18.1 Å². The molecule has 0 radical (unpaired) electrons. The van der Waals surface area contributed by atoms with Crippen LogP contribution in [0.15, 0.2) is 45.1 Å². The molecule has 0 saturated carbocycles. The molecule has 124 valence electrons. The number of carbonyl (C=O) groups excluding carboxylic acids is 1. The minimum absolute atomic E-state index is 0.0352. The molecule has 6 nitrogen and oxygen atoms in total. The van der Waals surface area contributed by atoms with Crippen LogP contribution in [-0.2, 0) is 4.79 Å². The summed E-state index contributed by atoms with van der Waals surface area (Å²) < 4.78 is 11.2. The minimum atomic E-state index is -0.663. The average Bonchev–Trinajstić information content (AvgIpc) is 2.55. The maximum atomic E-state index is 11.9. The van der Waals surface area contributed by atoms with Crippen LogP contribution in [0.2, 0.25) is 0 Å². The number of hydrogen-bond acceptors (Lipinski definition) is 5. The summed E-state index contributed by atoms with van der Waals surface area (Å²) in [5.74, 6) is -0.625. The Kier molecular flexibility index (Phi) is 4.12. The van der Waals surface area contributed by atoms with Gasteiger partial charge in [-0.05, 0) is 24.6 Å². The van der Waals surface area contributed by atoms with Crippen LogP contribution in [0, 0.1) is 6.92 Å². The molecule has 1 atom stereocenters. The summed E-state index contributed by atoms with van der Waals surface area (Å²) in [6, 6.07) is 8.65. The number of benzene rings is 1. The average molecular weight is 327 g/mol. The fraction of sp³-hybridized carbons (Fsp3) is 0.222. The summed E-state index contributed by atoms with van der Waals surface area (Å²) in [6.45, 7) is 1.82. The molecule has 1 aromatic carbocycles. The number of para-hydroxylation sites is 1. The Hall–Kier alpha value is -3.02. The topological polar surface area (TPSA) is 103 Å². The third-order valence-corrected chi connectivity index (χ3v) is 3.90. The first-order valence-electron chi connectivity index (χ1n) is 7.50. The molecule has 1 aliphatic heterocycles. The first-order chi connectivity index (χ1) is 11.5. The van der Waals surface area contributed by atoms with Gasteiger partial charge in [0.05, 0.1) is 5.92 Å². The van der Waals surface area contributed by atoms with Crippen LogP contribution in [0.25, 0.3) is 6.08 Å². The lowest BCUT2D eigenvalue weighted by atomic mass is 9.89. The predicted octanol–water partition coefficient (Wildman–Crippen LogP) is 2.09. The van der Waals surface area contributed by atoms with Gasteiger partial charge in [-0.15, -0.1) is 0 Å². The summed E-state index contributed by atoms with van der Waals surface area (Å²) in [7, 11) is 0. The Balaban J connectivity index is 2.11. The molecule has 0 bridgehead atoms. The standard InChI is InChI=1S/C18H17NO5/c1-10-6-14(20)17(22)18(24-10)13(8-16(19)21)12-7-11-4-2-3-5-15(11)23-9-12/h2-7,13,22H,8-9H2,1H3,(H2,19,21). The van der Waals surface area contributed by atoms with Crippen molar-refractivity contribution in [1.29, 1.82) is 0 Å². The largest absolute Gasteiger partial charge is 0.502 e. The van der Waals surface area contributed by atoms with Crippen LogP contribution < -0.4 is 15.9 Å². The first-order valence-corrected chi connectivity index (χ1v) is 7.50. The van der Waals surface area contributed by atoms with E-state index in [1.807, 2.05) is 30.3 Å². The van der Waals surface area contributed by atoms with Crippen molar-refractivity contribution in [1.82, 2.24) is 0 Å². The van der Waals surface area contributed by atoms with Gasteiger partial charge in [0.2, 0.25) is 17.1 Å². The van der Waals surface area contributed by atoms with Gasteiger partial charge in [-0.2, -0.15) is 0 Å². The molecular formula is C18H17NO5. The van der Waals surface area contributed by atoms with Crippen LogP contribution in [0.3, 0.4) is 0 Å². The summed E-state index contributed by atoms with van der Waals surface area (Å²) in [5, 5.41) is 10.1. The number of amides is 1. The van der Waals surface area contributed by atoms with Gasteiger partial charge in [0, 0.05) is 18.1 Å². The molecule has 3 N–H and O–H groups in total. The number of nitrogens with two attached hydrogens (primary N) is 1. The van der Waals surface area contributed by atoms with Crippen molar-refractivity contribution in [2.24, 2.45) is 5.73 Å². The normalized spacial score (nSPS) is 14.3. The Bertz CT molecular complexity index is 881. The smallest absolute Gasteiger partial charge is 0.227 e. The van der Waals surface area contributed by atoms with Gasteiger partial charge < -0.3 is 20.0 Å². The van der Waals surface area contributed by atoms with E-state index in [0.717, 1.165) is 11.3 Å². The molecule has 1 amide bonds. The molecule has 1 unspecified atom stereocenters. The van der Waals surface area contributed by atoms with E-state index in [4.69, 9.17) is 14.9 Å². The maximum Gasteiger partial charge on any atom is 0.227 e. The fourth-order valence-corrected chi connectivity index (χ4v) is 2.79. The predicted molar refractivity (Wildman–Crippen MR) is 87.8 cm³/mol. The van der Waals surface area contributed by atoms with E-state index >= 15 is 0 Å². The SMILES string of the molecule is Cc1cc(=O)c(O)c(C(CC(N)=O)C2=Cc3ccccc3OC2)o1. The second-order valence-corrected chi connectivity index (χ2v) is 5.70. The third kappa shape index (κ3) is 3.03. The lowest BCUT2D eigenvalue weighted by Gasteiger charge is -2.24. The number of primary amides is 1. The summed E-state index contributed by atoms with van der Waals surface area (Å²) in [5.41, 5.74) is 6.35. The molecule has 1 aromatic heterocycles. The zero-order valence-corrected chi connectivity index (χ0v) is 13.1. The molecule has 3 rings (SSSR count). The molecule has 2 heterocycles. The van der Waals surface area contributed by atoms with Crippen molar-refractivity contribution >= 4 is 12.0 Å². The highest BCUT2D eigenvalue weighted by molar-refractivity contribution is 5.76.